The number of aromatic nitrogens is 2. The summed E-state index contributed by atoms with van der Waals surface area (Å²) < 4.78 is 95.8. The first-order valence-electron chi connectivity index (χ1n) is 27.7. The van der Waals surface area contributed by atoms with Crippen LogP contribution in [0.5, 0.6) is 40.2 Å². The molecule has 2 saturated carbocycles. The summed E-state index contributed by atoms with van der Waals surface area (Å²) in [7, 11) is 1.45. The van der Waals surface area contributed by atoms with Crippen LogP contribution in [0.2, 0.25) is 0 Å². The number of nitrogens with one attached hydrogen (secondary N) is 4. The third kappa shape index (κ3) is 15.6. The van der Waals surface area contributed by atoms with Crippen molar-refractivity contribution >= 4 is 80.1 Å². The summed E-state index contributed by atoms with van der Waals surface area (Å²) in [6.45, 7) is 4.71. The Kier molecular flexibility index (Phi) is 19.2. The Labute approximate surface area is 506 Å². The van der Waals surface area contributed by atoms with E-state index in [2.05, 4.69) is 31.2 Å². The number of rotatable bonds is 23. The van der Waals surface area contributed by atoms with Crippen LogP contribution in [-0.2, 0) is 38.2 Å². The number of esters is 2. The van der Waals surface area contributed by atoms with Crippen LogP contribution in [0.3, 0.4) is 0 Å². The second kappa shape index (κ2) is 27.1. The van der Waals surface area contributed by atoms with Crippen molar-refractivity contribution in [2.24, 2.45) is 22.3 Å². The molecule has 0 aliphatic heterocycles. The first-order chi connectivity index (χ1) is 42.6. The second-order valence-electron chi connectivity index (χ2n) is 21.3. The highest BCUT2D eigenvalue weighted by molar-refractivity contribution is 6.18. The molecule has 89 heavy (non-hydrogen) atoms. The van der Waals surface area contributed by atoms with Gasteiger partial charge in [-0.05, 0) is 150 Å². The quantitative estimate of drug-likeness (QED) is 0.0197. The molecule has 462 valence electrons. The first kappa shape index (κ1) is 63.1. The van der Waals surface area contributed by atoms with E-state index >= 15 is 8.78 Å². The maximum Gasteiger partial charge on any atom is 0.320 e. The number of carbonyl (C=O) groups is 6. The minimum Gasteiger partial charge on any atom is -0.493 e. The predicted octanol–water partition coefficient (Wildman–Crippen LogP) is 10.3. The molecule has 0 spiro atoms. The van der Waals surface area contributed by atoms with Crippen LogP contribution in [0.25, 0.3) is 21.8 Å². The van der Waals surface area contributed by atoms with Crippen LogP contribution >= 0.6 is 0 Å². The SMILES string of the molecule is CC(C)(COc1ccc2c(Oc3ccc(NC(=O)C4(C(=O)Nc5ccc(F)cc5)CC4)cc3F)ccnc2c1)OC(=O)CN.COc1cc2c(Oc3ccc(NC(=O)C4(C(=O)Nc5ccc(F)cc5)CC4)cc3F)ccnc2cc1OCC(C)OC(=O)CN. The summed E-state index contributed by atoms with van der Waals surface area (Å²) in [6.07, 6.45) is 3.73. The molecular formula is C64H60F4N8O13. The third-order valence-corrected chi connectivity index (χ3v) is 14.0. The molecular weight excluding hydrogens is 1160 g/mol. The number of carbonyl (C=O) groups excluding carboxylic acids is 6. The molecule has 2 fully saturated rings. The zero-order valence-corrected chi connectivity index (χ0v) is 48.4. The van der Waals surface area contributed by atoms with Crippen molar-refractivity contribution in [1.29, 1.82) is 0 Å². The zero-order chi connectivity index (χ0) is 63.6. The molecule has 1 unspecified atom stereocenters. The monoisotopic (exact) mass is 1220 g/mol. The van der Waals surface area contributed by atoms with E-state index in [0.29, 0.717) is 81.9 Å². The Hall–Kier alpha value is -10.4. The van der Waals surface area contributed by atoms with E-state index in [9.17, 15) is 37.5 Å². The minimum atomic E-state index is -1.30. The number of benzene rings is 6. The fourth-order valence-electron chi connectivity index (χ4n) is 8.91. The van der Waals surface area contributed by atoms with Gasteiger partial charge in [0.05, 0.1) is 31.2 Å². The van der Waals surface area contributed by atoms with Crippen LogP contribution in [0.1, 0.15) is 46.5 Å². The normalized spacial score (nSPS) is 13.7. The molecule has 25 heteroatoms. The highest BCUT2D eigenvalue weighted by Crippen LogP contribution is 2.49. The number of nitrogens with two attached hydrogens (primary N) is 2. The van der Waals surface area contributed by atoms with Crippen LogP contribution in [0.15, 0.2) is 140 Å². The van der Waals surface area contributed by atoms with Crippen LogP contribution in [0.4, 0.5) is 40.3 Å². The number of ether oxygens (including phenoxy) is 7. The fourth-order valence-corrected chi connectivity index (χ4v) is 8.91. The molecule has 6 aromatic carbocycles. The van der Waals surface area contributed by atoms with Gasteiger partial charge in [0.15, 0.2) is 34.6 Å². The molecule has 2 aliphatic rings. The molecule has 2 heterocycles. The van der Waals surface area contributed by atoms with Crippen molar-refractivity contribution in [3.63, 3.8) is 0 Å². The number of pyridine rings is 2. The lowest BCUT2D eigenvalue weighted by atomic mass is 10.0. The molecule has 8 N–H and O–H groups in total. The smallest absolute Gasteiger partial charge is 0.320 e. The molecule has 0 bridgehead atoms. The van der Waals surface area contributed by atoms with E-state index in [4.69, 9.17) is 44.6 Å². The van der Waals surface area contributed by atoms with E-state index < -0.39 is 81.4 Å². The summed E-state index contributed by atoms with van der Waals surface area (Å²) >= 11 is 0. The summed E-state index contributed by atoms with van der Waals surface area (Å²) in [4.78, 5) is 83.2. The van der Waals surface area contributed by atoms with Crippen LogP contribution < -0.4 is 56.4 Å². The van der Waals surface area contributed by atoms with Crippen LogP contribution in [0, 0.1) is 34.1 Å². The Balaban J connectivity index is 0.000000211. The Morgan fingerprint density at radius 1 is 0.528 bits per heavy atom. The fraction of sp³-hybridized carbons (Fsp3) is 0.250. The number of nitrogens with zero attached hydrogens (tertiary/aromatic N) is 2. The number of fused-ring (bicyclic) bond motifs is 2. The van der Waals surface area contributed by atoms with Crippen molar-refractivity contribution in [1.82, 2.24) is 9.97 Å². The van der Waals surface area contributed by atoms with Gasteiger partial charge in [-0.25, -0.2) is 17.6 Å². The van der Waals surface area contributed by atoms with Gasteiger partial charge >= 0.3 is 11.9 Å². The third-order valence-electron chi connectivity index (χ3n) is 14.0. The summed E-state index contributed by atoms with van der Waals surface area (Å²) in [5.41, 5.74) is 9.10. The van der Waals surface area contributed by atoms with Crippen molar-refractivity contribution in [2.45, 2.75) is 58.2 Å². The van der Waals surface area contributed by atoms with E-state index in [1.807, 2.05) is 0 Å². The summed E-state index contributed by atoms with van der Waals surface area (Å²) in [5, 5.41) is 11.6. The number of hydrogen-bond donors (Lipinski definition) is 6. The minimum absolute atomic E-state index is 0.0396. The lowest BCUT2D eigenvalue weighted by molar-refractivity contribution is -0.157. The molecule has 4 amide bonds. The van der Waals surface area contributed by atoms with Crippen molar-refractivity contribution in [3.05, 3.63) is 163 Å². The maximum atomic E-state index is 15.2. The highest BCUT2D eigenvalue weighted by atomic mass is 19.1. The van der Waals surface area contributed by atoms with E-state index in [-0.39, 0.29) is 54.9 Å². The molecule has 0 radical (unpaired) electrons. The van der Waals surface area contributed by atoms with Gasteiger partial charge in [-0.3, -0.25) is 38.7 Å². The highest BCUT2D eigenvalue weighted by Gasteiger charge is 2.57. The van der Waals surface area contributed by atoms with Gasteiger partial charge in [0, 0.05) is 70.2 Å². The van der Waals surface area contributed by atoms with Crippen LogP contribution in [-0.4, -0.2) is 90.7 Å². The molecule has 8 aromatic rings. The number of amides is 4. The lowest BCUT2D eigenvalue weighted by Gasteiger charge is -2.25. The van der Waals surface area contributed by atoms with Gasteiger partial charge in [-0.1, -0.05) is 0 Å². The van der Waals surface area contributed by atoms with Gasteiger partial charge < -0.3 is 65.9 Å². The van der Waals surface area contributed by atoms with E-state index in [1.165, 1.54) is 92.3 Å². The lowest BCUT2D eigenvalue weighted by Crippen LogP contribution is -2.36. The van der Waals surface area contributed by atoms with Gasteiger partial charge in [0.1, 0.15) is 64.6 Å². The Morgan fingerprint density at radius 3 is 1.45 bits per heavy atom. The maximum absolute atomic E-state index is 15.2. The van der Waals surface area contributed by atoms with Gasteiger partial charge in [-0.15, -0.1) is 0 Å². The molecule has 2 aromatic heterocycles. The average molecular weight is 1230 g/mol. The van der Waals surface area contributed by atoms with E-state index in [1.54, 1.807) is 63.2 Å². The first-order valence-corrected chi connectivity index (χ1v) is 27.7. The van der Waals surface area contributed by atoms with Crippen molar-refractivity contribution < 1.29 is 79.5 Å². The second-order valence-corrected chi connectivity index (χ2v) is 21.3. The Bertz CT molecular complexity index is 3980. The van der Waals surface area contributed by atoms with Gasteiger partial charge in [0.25, 0.3) is 0 Å². The topological polar surface area (TPSA) is 293 Å². The summed E-state index contributed by atoms with van der Waals surface area (Å²) in [6, 6.07) is 29.7. The molecule has 0 saturated heterocycles. The Morgan fingerprint density at radius 2 is 0.989 bits per heavy atom. The number of halogens is 4. The molecule has 1 atom stereocenters. The largest absolute Gasteiger partial charge is 0.493 e. The van der Waals surface area contributed by atoms with Gasteiger partial charge in [0.2, 0.25) is 23.6 Å². The van der Waals surface area contributed by atoms with E-state index in [0.717, 1.165) is 12.1 Å². The predicted molar refractivity (Wildman–Crippen MR) is 318 cm³/mol. The average Bonchev–Trinajstić information content (AvgIpc) is 1.71. The van der Waals surface area contributed by atoms with Gasteiger partial charge in [-0.2, -0.15) is 0 Å². The van der Waals surface area contributed by atoms with Crippen molar-refractivity contribution in [3.8, 4) is 40.2 Å². The molecule has 2 aliphatic carbocycles. The summed E-state index contributed by atoms with van der Waals surface area (Å²) in [5.74, 6) is -4.10. The standard InChI is InChI=1S/C32H30F2N4O7.C32H30F2N4O6/c1-18(44-29(39)16-35)17-43-28-15-24-22(14-27(28)42-2)25(9-12-36-24)45-26-8-7-21(13-23(26)34)38-31(41)32(10-11-32)30(40)37-20-5-3-19(33)4-6-20;1-31(2,44-28(39)17-35)18-42-22-8-9-23-25(16-22)36-14-11-26(23)43-27-10-7-21(15-24(27)34)38-30(41)32(12-13-32)29(40)37-20-5-3-19(33)4-6-20/h3-9,12-15,18H,10-11,16-17,35H2,1-2H3,(H,37,40)(H,38,41);3-11,14-16H,12-13,17-18,35H2,1-2H3,(H,37,40)(H,38,41). The zero-order valence-electron chi connectivity index (χ0n) is 48.4. The van der Waals surface area contributed by atoms with Crippen molar-refractivity contribution in [2.75, 3.05) is 54.7 Å². The number of methoxy groups -OCH3 is 1. The number of hydrogen-bond acceptors (Lipinski definition) is 17. The number of anilines is 4. The molecule has 10 rings (SSSR count). The molecule has 21 nitrogen and oxygen atoms in total.